The maximum atomic E-state index is 15.7. The lowest BCUT2D eigenvalue weighted by Gasteiger charge is -2.24. The molecule has 4 aromatic rings. The Morgan fingerprint density at radius 1 is 1.03 bits per heavy atom. The van der Waals surface area contributed by atoms with Gasteiger partial charge >= 0.3 is 5.97 Å². The third kappa shape index (κ3) is 3.68. The summed E-state index contributed by atoms with van der Waals surface area (Å²) in [4.78, 5) is 13.7. The Balaban J connectivity index is 1.25. The smallest absolute Gasteiger partial charge is 0.307 e. The number of furan rings is 1. The van der Waals surface area contributed by atoms with Crippen LogP contribution in [0.4, 0.5) is 4.39 Å². The molecule has 0 unspecified atom stereocenters. The zero-order chi connectivity index (χ0) is 26.0. The summed E-state index contributed by atoms with van der Waals surface area (Å²) < 4.78 is 33.4. The van der Waals surface area contributed by atoms with Gasteiger partial charge in [0, 0.05) is 23.5 Å². The van der Waals surface area contributed by atoms with E-state index in [1.54, 1.807) is 0 Å². The van der Waals surface area contributed by atoms with Gasteiger partial charge in [-0.05, 0) is 84.8 Å². The number of carboxylic acid groups (broad SMARTS) is 1. The molecular formula is C31H28FNO5. The van der Waals surface area contributed by atoms with Crippen molar-refractivity contribution in [1.29, 1.82) is 0 Å². The van der Waals surface area contributed by atoms with Crippen LogP contribution >= 0.6 is 0 Å². The van der Waals surface area contributed by atoms with Crippen LogP contribution in [0.1, 0.15) is 35.6 Å². The highest BCUT2D eigenvalue weighted by atomic mass is 19.1. The van der Waals surface area contributed by atoms with Crippen molar-refractivity contribution in [3.05, 3.63) is 71.0 Å². The molecule has 38 heavy (non-hydrogen) atoms. The second kappa shape index (κ2) is 8.88. The van der Waals surface area contributed by atoms with Crippen molar-refractivity contribution in [2.45, 2.75) is 32.2 Å². The lowest BCUT2D eigenvalue weighted by atomic mass is 9.95. The normalized spacial score (nSPS) is 20.7. The summed E-state index contributed by atoms with van der Waals surface area (Å²) in [6.45, 7) is 4.37. The minimum atomic E-state index is -0.749. The van der Waals surface area contributed by atoms with Gasteiger partial charge in [0.15, 0.2) is 22.9 Å². The number of carboxylic acids is 1. The Labute approximate surface area is 219 Å². The van der Waals surface area contributed by atoms with E-state index in [-0.39, 0.29) is 23.4 Å². The predicted octanol–water partition coefficient (Wildman–Crippen LogP) is 6.38. The number of ether oxygens (including phenoxy) is 2. The second-order valence-electron chi connectivity index (χ2n) is 10.5. The molecule has 2 aliphatic heterocycles. The van der Waals surface area contributed by atoms with Gasteiger partial charge in [-0.1, -0.05) is 24.3 Å². The van der Waals surface area contributed by atoms with E-state index in [2.05, 4.69) is 11.0 Å². The van der Waals surface area contributed by atoms with Gasteiger partial charge in [-0.2, -0.15) is 0 Å². The van der Waals surface area contributed by atoms with Crippen molar-refractivity contribution in [1.82, 2.24) is 4.90 Å². The van der Waals surface area contributed by atoms with Crippen LogP contribution in [0.15, 0.2) is 52.9 Å². The molecule has 1 aliphatic carbocycles. The van der Waals surface area contributed by atoms with E-state index in [0.717, 1.165) is 57.7 Å². The largest absolute Gasteiger partial charge is 0.486 e. The van der Waals surface area contributed by atoms with E-state index in [9.17, 15) is 9.90 Å². The van der Waals surface area contributed by atoms with Crippen molar-refractivity contribution in [2.24, 2.45) is 5.92 Å². The quantitative estimate of drug-likeness (QED) is 0.342. The number of likely N-dealkylation sites (tertiary alicyclic amines) is 1. The van der Waals surface area contributed by atoms with Crippen molar-refractivity contribution in [3.8, 4) is 33.9 Å². The number of halogens is 1. The zero-order valence-corrected chi connectivity index (χ0v) is 21.1. The highest BCUT2D eigenvalue weighted by Gasteiger charge is 2.37. The molecule has 3 aliphatic rings. The molecule has 0 bridgehead atoms. The number of nitrogens with zero attached hydrogens (tertiary/aromatic N) is 1. The van der Waals surface area contributed by atoms with Gasteiger partial charge in [0.05, 0.1) is 5.92 Å². The summed E-state index contributed by atoms with van der Waals surface area (Å²) in [5, 5.41) is 10.2. The molecule has 7 heteroatoms. The molecule has 1 saturated heterocycles. The fraction of sp³-hybridized carbons (Fsp3) is 0.323. The van der Waals surface area contributed by atoms with E-state index in [1.807, 2.05) is 49.4 Å². The highest BCUT2D eigenvalue weighted by Crippen LogP contribution is 2.44. The Bertz CT molecular complexity index is 1590. The molecule has 1 fully saturated rings. The van der Waals surface area contributed by atoms with Crippen molar-refractivity contribution < 1.29 is 28.2 Å². The van der Waals surface area contributed by atoms with Crippen LogP contribution in [0.25, 0.3) is 33.4 Å². The Kier molecular flexibility index (Phi) is 5.44. The topological polar surface area (TPSA) is 72.1 Å². The van der Waals surface area contributed by atoms with Crippen molar-refractivity contribution >= 4 is 16.9 Å². The fourth-order valence-electron chi connectivity index (χ4n) is 6.40. The number of hydrogen-bond acceptors (Lipinski definition) is 5. The first-order valence-corrected chi connectivity index (χ1v) is 13.2. The number of rotatable bonds is 4. The summed E-state index contributed by atoms with van der Waals surface area (Å²) in [5.74, 6) is 0.726. The monoisotopic (exact) mass is 513 g/mol. The van der Waals surface area contributed by atoms with Crippen LogP contribution in [-0.2, 0) is 11.2 Å². The average molecular weight is 514 g/mol. The molecule has 194 valence electrons. The molecule has 7 rings (SSSR count). The first-order valence-electron chi connectivity index (χ1n) is 13.2. The molecular weight excluding hydrogens is 485 g/mol. The zero-order valence-electron chi connectivity index (χ0n) is 21.1. The molecule has 0 spiro atoms. The van der Waals surface area contributed by atoms with Crippen LogP contribution in [-0.4, -0.2) is 42.3 Å². The van der Waals surface area contributed by atoms with Crippen molar-refractivity contribution in [2.75, 3.05) is 26.3 Å². The molecule has 6 nitrogen and oxygen atoms in total. The first kappa shape index (κ1) is 23.3. The Morgan fingerprint density at radius 3 is 2.66 bits per heavy atom. The molecule has 2 atom stereocenters. The van der Waals surface area contributed by atoms with Gasteiger partial charge in [-0.3, -0.25) is 9.69 Å². The third-order valence-electron chi connectivity index (χ3n) is 8.37. The molecule has 0 radical (unpaired) electrons. The SMILES string of the molecule is Cc1c(-c2ccc3c(c2)OCCO3)cccc1-c1cc2cc3c(c(F)c2o1)CC[C@H]3N1CC[C@@H](C(=O)O)C1. The lowest BCUT2D eigenvalue weighted by molar-refractivity contribution is -0.141. The van der Waals surface area contributed by atoms with E-state index in [4.69, 9.17) is 13.9 Å². The summed E-state index contributed by atoms with van der Waals surface area (Å²) in [6, 6.07) is 16.0. The summed E-state index contributed by atoms with van der Waals surface area (Å²) in [7, 11) is 0. The third-order valence-corrected chi connectivity index (χ3v) is 8.37. The molecule has 1 N–H and O–H groups in total. The van der Waals surface area contributed by atoms with Crippen LogP contribution in [0.5, 0.6) is 11.5 Å². The maximum Gasteiger partial charge on any atom is 0.307 e. The number of benzene rings is 3. The predicted molar refractivity (Wildman–Crippen MR) is 141 cm³/mol. The van der Waals surface area contributed by atoms with Gasteiger partial charge in [-0.25, -0.2) is 4.39 Å². The maximum absolute atomic E-state index is 15.7. The first-order chi connectivity index (χ1) is 18.5. The van der Waals surface area contributed by atoms with Crippen LogP contribution in [0.3, 0.4) is 0 Å². The van der Waals surface area contributed by atoms with Crippen molar-refractivity contribution in [3.63, 3.8) is 0 Å². The molecule has 0 amide bonds. The molecule has 0 saturated carbocycles. The van der Waals surface area contributed by atoms with E-state index in [0.29, 0.717) is 43.9 Å². The average Bonchev–Trinajstić information content (AvgIpc) is 3.67. The minimum absolute atomic E-state index is 0.0480. The minimum Gasteiger partial charge on any atom is -0.486 e. The summed E-state index contributed by atoms with van der Waals surface area (Å²) in [5.41, 5.74) is 5.96. The Morgan fingerprint density at radius 2 is 1.84 bits per heavy atom. The fourth-order valence-corrected chi connectivity index (χ4v) is 6.40. The van der Waals surface area contributed by atoms with E-state index >= 15 is 4.39 Å². The van der Waals surface area contributed by atoms with Gasteiger partial charge < -0.3 is 19.0 Å². The van der Waals surface area contributed by atoms with Crippen LogP contribution < -0.4 is 9.47 Å². The number of hydrogen-bond donors (Lipinski definition) is 1. The molecule has 3 aromatic carbocycles. The number of fused-ring (bicyclic) bond motifs is 3. The van der Waals surface area contributed by atoms with Gasteiger partial charge in [-0.15, -0.1) is 0 Å². The molecule has 1 aromatic heterocycles. The Hall–Kier alpha value is -3.84. The second-order valence-corrected chi connectivity index (χ2v) is 10.5. The standard InChI is InChI=1S/C31H28FNO5/c1-17-21(18-5-8-26-28(14-18)37-12-11-36-26)3-2-4-22(17)27-15-20-13-24-23(29(32)30(20)38-27)6-7-25(24)33-10-9-19(16-33)31(34)35/h2-5,8,13-15,19,25H,6-7,9-12,16H2,1H3,(H,34,35)/t19-,25-/m1/s1. The van der Waals surface area contributed by atoms with Gasteiger partial charge in [0.1, 0.15) is 19.0 Å². The van der Waals surface area contributed by atoms with Gasteiger partial charge in [0.2, 0.25) is 0 Å². The summed E-state index contributed by atoms with van der Waals surface area (Å²) >= 11 is 0. The van der Waals surface area contributed by atoms with Crippen LogP contribution in [0.2, 0.25) is 0 Å². The van der Waals surface area contributed by atoms with E-state index in [1.165, 1.54) is 0 Å². The molecule has 3 heterocycles. The lowest BCUT2D eigenvalue weighted by Crippen LogP contribution is -2.26. The van der Waals surface area contributed by atoms with Crippen LogP contribution in [0, 0.1) is 18.7 Å². The number of aliphatic carboxylic acids is 1. The van der Waals surface area contributed by atoms with E-state index < -0.39 is 5.97 Å². The number of carbonyl (C=O) groups is 1. The van der Waals surface area contributed by atoms with Gasteiger partial charge in [0.25, 0.3) is 0 Å². The summed E-state index contributed by atoms with van der Waals surface area (Å²) in [6.07, 6.45) is 2.07. The highest BCUT2D eigenvalue weighted by molar-refractivity contribution is 5.87.